The van der Waals surface area contributed by atoms with Crippen molar-refractivity contribution >= 4 is 17.7 Å². The number of hydrogen-bond donors (Lipinski definition) is 0. The number of benzene rings is 1. The van der Waals surface area contributed by atoms with Gasteiger partial charge in [0.1, 0.15) is 0 Å². The number of hydrogen-bond acceptors (Lipinski definition) is 2. The maximum atomic E-state index is 12.7. The highest BCUT2D eigenvalue weighted by Crippen LogP contribution is 2.28. The quantitative estimate of drug-likeness (QED) is 0.774. The summed E-state index contributed by atoms with van der Waals surface area (Å²) < 4.78 is 5.35. The Morgan fingerprint density at radius 1 is 1.21 bits per heavy atom. The van der Waals surface area contributed by atoms with Crippen LogP contribution in [0.4, 0.5) is 5.69 Å². The Morgan fingerprint density at radius 3 is 2.84 bits per heavy atom. The maximum Gasteiger partial charge on any atom is 0.230 e. The highest BCUT2D eigenvalue weighted by molar-refractivity contribution is 5.97. The van der Waals surface area contributed by atoms with E-state index in [2.05, 4.69) is 18.2 Å². The fourth-order valence-corrected chi connectivity index (χ4v) is 2.80. The molecule has 0 atom stereocenters. The zero-order valence-electron chi connectivity index (χ0n) is 11.0. The van der Waals surface area contributed by atoms with E-state index in [0.717, 1.165) is 37.1 Å². The topological polar surface area (TPSA) is 29.5 Å². The third-order valence-electron chi connectivity index (χ3n) is 3.88. The summed E-state index contributed by atoms with van der Waals surface area (Å²) in [5, 5.41) is 0. The molecule has 0 spiro atoms. The van der Waals surface area contributed by atoms with Crippen molar-refractivity contribution in [3.05, 3.63) is 35.9 Å². The zero-order chi connectivity index (χ0) is 13.1. The number of nitrogens with zero attached hydrogens (tertiary/aromatic N) is 1. The van der Waals surface area contributed by atoms with Gasteiger partial charge in [0.05, 0.1) is 5.69 Å². The summed E-state index contributed by atoms with van der Waals surface area (Å²) in [7, 11) is 0. The van der Waals surface area contributed by atoms with E-state index in [1.165, 1.54) is 0 Å². The van der Waals surface area contributed by atoms with E-state index in [1.54, 1.807) is 0 Å². The molecule has 0 bridgehead atoms. The number of anilines is 1. The van der Waals surface area contributed by atoms with Crippen LogP contribution in [0, 0.1) is 5.92 Å². The first-order chi connectivity index (χ1) is 9.36. The number of rotatable bonds is 1. The molecular formula is C16H19NO2. The van der Waals surface area contributed by atoms with Crippen LogP contribution >= 0.6 is 0 Å². The summed E-state index contributed by atoms with van der Waals surface area (Å²) in [6, 6.07) is 8.14. The van der Waals surface area contributed by atoms with Crippen LogP contribution < -0.4 is 4.90 Å². The van der Waals surface area contributed by atoms with Crippen LogP contribution in [0.3, 0.4) is 0 Å². The monoisotopic (exact) mass is 257 g/mol. The van der Waals surface area contributed by atoms with Crippen LogP contribution in [0.15, 0.2) is 30.3 Å². The van der Waals surface area contributed by atoms with E-state index in [9.17, 15) is 4.79 Å². The average molecular weight is 257 g/mol. The molecule has 2 aliphatic heterocycles. The molecule has 0 N–H and O–H groups in total. The largest absolute Gasteiger partial charge is 0.381 e. The van der Waals surface area contributed by atoms with Crippen LogP contribution in [0.25, 0.3) is 6.08 Å². The highest BCUT2D eigenvalue weighted by atomic mass is 16.5. The average Bonchev–Trinajstić information content (AvgIpc) is 2.70. The lowest BCUT2D eigenvalue weighted by molar-refractivity contribution is -0.125. The SMILES string of the molecule is O=C(C1CCOCC1)N1CCC=Cc2ccccc21. The second-order valence-electron chi connectivity index (χ2n) is 5.13. The van der Waals surface area contributed by atoms with Gasteiger partial charge in [0.15, 0.2) is 0 Å². The molecule has 1 aromatic carbocycles. The number of fused-ring (bicyclic) bond motifs is 1. The summed E-state index contributed by atoms with van der Waals surface area (Å²) >= 11 is 0. The molecule has 2 aliphatic rings. The lowest BCUT2D eigenvalue weighted by atomic mass is 9.98. The van der Waals surface area contributed by atoms with Gasteiger partial charge < -0.3 is 9.64 Å². The molecule has 0 radical (unpaired) electrons. The van der Waals surface area contributed by atoms with Crippen LogP contribution in [0.2, 0.25) is 0 Å². The summed E-state index contributed by atoms with van der Waals surface area (Å²) in [6.07, 6.45) is 6.89. The Labute approximate surface area is 113 Å². The van der Waals surface area contributed by atoms with Crippen LogP contribution in [0.5, 0.6) is 0 Å². The van der Waals surface area contributed by atoms with Crippen molar-refractivity contribution in [3.63, 3.8) is 0 Å². The van der Waals surface area contributed by atoms with Gasteiger partial charge in [0.2, 0.25) is 5.91 Å². The van der Waals surface area contributed by atoms with E-state index >= 15 is 0 Å². The first-order valence-electron chi connectivity index (χ1n) is 7.01. The molecule has 1 amide bonds. The second-order valence-corrected chi connectivity index (χ2v) is 5.13. The second kappa shape index (κ2) is 5.57. The van der Waals surface area contributed by atoms with Gasteiger partial charge in [-0.15, -0.1) is 0 Å². The highest BCUT2D eigenvalue weighted by Gasteiger charge is 2.28. The number of para-hydroxylation sites is 1. The molecule has 1 aromatic rings. The van der Waals surface area contributed by atoms with E-state index in [-0.39, 0.29) is 11.8 Å². The van der Waals surface area contributed by atoms with Gasteiger partial charge in [-0.05, 0) is 30.9 Å². The summed E-state index contributed by atoms with van der Waals surface area (Å²) in [5.74, 6) is 0.388. The summed E-state index contributed by atoms with van der Waals surface area (Å²) in [4.78, 5) is 14.7. The molecule has 2 heterocycles. The van der Waals surface area contributed by atoms with E-state index in [4.69, 9.17) is 4.74 Å². The number of amides is 1. The molecular weight excluding hydrogens is 238 g/mol. The Kier molecular flexibility index (Phi) is 3.65. The van der Waals surface area contributed by atoms with Crippen LogP contribution in [0.1, 0.15) is 24.8 Å². The molecule has 1 fully saturated rings. The van der Waals surface area contributed by atoms with E-state index in [1.807, 2.05) is 23.1 Å². The first-order valence-corrected chi connectivity index (χ1v) is 7.01. The van der Waals surface area contributed by atoms with Crippen molar-refractivity contribution in [2.45, 2.75) is 19.3 Å². The third kappa shape index (κ3) is 2.56. The first kappa shape index (κ1) is 12.4. The van der Waals surface area contributed by atoms with Crippen molar-refractivity contribution < 1.29 is 9.53 Å². The fraction of sp³-hybridized carbons (Fsp3) is 0.438. The summed E-state index contributed by atoms with van der Waals surface area (Å²) in [6.45, 7) is 2.21. The normalized spacial score (nSPS) is 19.9. The maximum absolute atomic E-state index is 12.7. The van der Waals surface area contributed by atoms with Crippen molar-refractivity contribution in [2.75, 3.05) is 24.7 Å². The van der Waals surface area contributed by atoms with Crippen molar-refractivity contribution in [3.8, 4) is 0 Å². The van der Waals surface area contributed by atoms with Crippen molar-refractivity contribution in [1.29, 1.82) is 0 Å². The molecule has 3 nitrogen and oxygen atoms in total. The van der Waals surface area contributed by atoms with E-state index in [0.29, 0.717) is 13.2 Å². The molecule has 3 rings (SSSR count). The fourth-order valence-electron chi connectivity index (χ4n) is 2.80. The molecule has 0 saturated carbocycles. The third-order valence-corrected chi connectivity index (χ3v) is 3.88. The lowest BCUT2D eigenvalue weighted by Crippen LogP contribution is -2.39. The Morgan fingerprint density at radius 2 is 2.00 bits per heavy atom. The minimum Gasteiger partial charge on any atom is -0.381 e. The Hall–Kier alpha value is -1.61. The predicted molar refractivity (Wildman–Crippen MR) is 76.0 cm³/mol. The van der Waals surface area contributed by atoms with Gasteiger partial charge >= 0.3 is 0 Å². The molecule has 3 heteroatoms. The number of ether oxygens (including phenoxy) is 1. The van der Waals surface area contributed by atoms with Gasteiger partial charge in [-0.25, -0.2) is 0 Å². The zero-order valence-corrected chi connectivity index (χ0v) is 11.0. The minimum absolute atomic E-state index is 0.125. The Balaban J connectivity index is 1.86. The van der Waals surface area contributed by atoms with Crippen molar-refractivity contribution in [2.24, 2.45) is 5.92 Å². The minimum atomic E-state index is 0.125. The van der Waals surface area contributed by atoms with Gasteiger partial charge in [0, 0.05) is 25.7 Å². The van der Waals surface area contributed by atoms with Gasteiger partial charge in [0.25, 0.3) is 0 Å². The van der Waals surface area contributed by atoms with Gasteiger partial charge in [-0.2, -0.15) is 0 Å². The smallest absolute Gasteiger partial charge is 0.230 e. The van der Waals surface area contributed by atoms with E-state index < -0.39 is 0 Å². The van der Waals surface area contributed by atoms with Crippen LogP contribution in [-0.2, 0) is 9.53 Å². The van der Waals surface area contributed by atoms with Gasteiger partial charge in [-0.1, -0.05) is 30.4 Å². The van der Waals surface area contributed by atoms with Crippen LogP contribution in [-0.4, -0.2) is 25.7 Å². The Bertz CT molecular complexity index is 489. The van der Waals surface area contributed by atoms with Crippen molar-refractivity contribution in [1.82, 2.24) is 0 Å². The standard InChI is InChI=1S/C16H19NO2/c18-16(14-8-11-19-12-9-14)17-10-4-3-6-13-5-1-2-7-15(13)17/h1-3,5-7,14H,4,8-12H2. The number of carbonyl (C=O) groups is 1. The molecule has 19 heavy (non-hydrogen) atoms. The number of carbonyl (C=O) groups excluding carboxylic acids is 1. The molecule has 0 aliphatic carbocycles. The molecule has 1 saturated heterocycles. The van der Waals surface area contributed by atoms with Gasteiger partial charge in [-0.3, -0.25) is 4.79 Å². The lowest BCUT2D eigenvalue weighted by Gasteiger charge is -2.29. The molecule has 0 aromatic heterocycles. The summed E-state index contributed by atoms with van der Waals surface area (Å²) in [5.41, 5.74) is 2.19. The molecule has 0 unspecified atom stereocenters. The molecule has 100 valence electrons. The predicted octanol–water partition coefficient (Wildman–Crippen LogP) is 2.86.